The van der Waals surface area contributed by atoms with E-state index in [0.29, 0.717) is 49.4 Å². The summed E-state index contributed by atoms with van der Waals surface area (Å²) in [5.41, 5.74) is 0.357. The van der Waals surface area contributed by atoms with Gasteiger partial charge in [-0.15, -0.1) is 11.6 Å². The Balaban J connectivity index is 1.05. The molecule has 0 spiro atoms. The lowest BCUT2D eigenvalue weighted by Crippen LogP contribution is -2.62. The Morgan fingerprint density at radius 2 is 1.81 bits per heavy atom. The average molecular weight is 630 g/mol. The predicted octanol–water partition coefficient (Wildman–Crippen LogP) is -0.164. The van der Waals surface area contributed by atoms with E-state index in [-0.39, 0.29) is 30.5 Å². The summed E-state index contributed by atoms with van der Waals surface area (Å²) >= 11 is 6.14. The smallest absolute Gasteiger partial charge is 0.227 e. The van der Waals surface area contributed by atoms with Gasteiger partial charge in [-0.25, -0.2) is 4.39 Å². The minimum atomic E-state index is -1.42. The van der Waals surface area contributed by atoms with Gasteiger partial charge in [0.2, 0.25) is 5.91 Å². The Kier molecular flexibility index (Phi) is 13.7. The summed E-state index contributed by atoms with van der Waals surface area (Å²) in [4.78, 5) is 16.8. The van der Waals surface area contributed by atoms with Crippen LogP contribution in [0.5, 0.6) is 5.75 Å². The molecule has 0 saturated carbocycles. The highest BCUT2D eigenvalue weighted by Gasteiger charge is 2.31. The van der Waals surface area contributed by atoms with Gasteiger partial charge in [-0.1, -0.05) is 6.07 Å². The van der Waals surface area contributed by atoms with E-state index in [2.05, 4.69) is 20.9 Å². The van der Waals surface area contributed by atoms with Gasteiger partial charge in [0.1, 0.15) is 30.1 Å². The minimum absolute atomic E-state index is 0.00536. The lowest BCUT2D eigenvalue weighted by molar-refractivity contribution is -0.136. The van der Waals surface area contributed by atoms with Crippen molar-refractivity contribution in [3.8, 4) is 5.75 Å². The average Bonchev–Trinajstić information content (AvgIpc) is 2.99. The van der Waals surface area contributed by atoms with Gasteiger partial charge >= 0.3 is 0 Å². The van der Waals surface area contributed by atoms with Gasteiger partial charge in [0.15, 0.2) is 0 Å². The summed E-state index contributed by atoms with van der Waals surface area (Å²) in [5, 5.41) is 47.8. The molecule has 0 aromatic heterocycles. The molecule has 43 heavy (non-hydrogen) atoms. The van der Waals surface area contributed by atoms with Crippen LogP contribution in [0, 0.1) is 17.7 Å². The first-order chi connectivity index (χ1) is 20.7. The number of halogens is 2. The van der Waals surface area contributed by atoms with Crippen molar-refractivity contribution >= 4 is 17.5 Å². The van der Waals surface area contributed by atoms with Crippen LogP contribution in [0.1, 0.15) is 37.7 Å². The van der Waals surface area contributed by atoms with Crippen molar-refractivity contribution in [3.63, 3.8) is 0 Å². The number of carbonyl (C=O) groups excluding carboxylic acids is 1. The summed E-state index contributed by atoms with van der Waals surface area (Å²) in [5.74, 6) is 0.913. The van der Waals surface area contributed by atoms with Gasteiger partial charge < -0.3 is 35.4 Å². The zero-order chi connectivity index (χ0) is 30.8. The molecular weight excluding hydrogens is 581 g/mol. The highest BCUT2D eigenvalue weighted by atomic mass is 35.5. The number of carbonyl (C=O) groups is 1. The van der Waals surface area contributed by atoms with E-state index in [9.17, 15) is 24.5 Å². The van der Waals surface area contributed by atoms with Gasteiger partial charge in [0, 0.05) is 51.9 Å². The molecule has 3 heterocycles. The van der Waals surface area contributed by atoms with Crippen LogP contribution in [0.15, 0.2) is 18.2 Å². The largest absolute Gasteiger partial charge is 0.493 e. The van der Waals surface area contributed by atoms with Crippen LogP contribution in [-0.2, 0) is 11.2 Å². The molecule has 3 aliphatic heterocycles. The number of nitrogens with one attached hydrogen (secondary N) is 3. The van der Waals surface area contributed by atoms with Gasteiger partial charge in [-0.3, -0.25) is 20.3 Å². The van der Waals surface area contributed by atoms with E-state index in [4.69, 9.17) is 21.4 Å². The Morgan fingerprint density at radius 3 is 2.49 bits per heavy atom. The van der Waals surface area contributed by atoms with E-state index in [0.717, 1.165) is 58.3 Å². The number of aliphatic hydroxyl groups excluding tert-OH is 4. The summed E-state index contributed by atoms with van der Waals surface area (Å²) in [6.45, 7) is 5.53. The molecule has 3 fully saturated rings. The highest BCUT2D eigenvalue weighted by molar-refractivity contribution is 6.21. The van der Waals surface area contributed by atoms with Crippen LogP contribution in [0.3, 0.4) is 0 Å². The van der Waals surface area contributed by atoms with Crippen molar-refractivity contribution in [3.05, 3.63) is 29.6 Å². The number of hydrogen-bond donors (Lipinski definition) is 7. The van der Waals surface area contributed by atoms with Crippen LogP contribution in [0.4, 0.5) is 4.39 Å². The molecule has 3 saturated heterocycles. The van der Waals surface area contributed by atoms with E-state index < -0.39 is 30.7 Å². The van der Waals surface area contributed by atoms with Crippen molar-refractivity contribution in [2.75, 3.05) is 65.6 Å². The molecule has 13 heteroatoms. The monoisotopic (exact) mass is 629 g/mol. The molecule has 0 unspecified atom stereocenters. The third-order valence-electron chi connectivity index (χ3n) is 8.84. The second kappa shape index (κ2) is 17.2. The minimum Gasteiger partial charge on any atom is -0.493 e. The maximum absolute atomic E-state index is 14.7. The molecule has 244 valence electrons. The molecule has 1 aromatic carbocycles. The van der Waals surface area contributed by atoms with Crippen LogP contribution < -0.4 is 20.7 Å². The molecule has 3 aliphatic rings. The van der Waals surface area contributed by atoms with Crippen LogP contribution in [-0.4, -0.2) is 132 Å². The third-order valence-corrected chi connectivity index (χ3v) is 9.15. The zero-order valence-corrected chi connectivity index (χ0v) is 25.6. The standard InChI is InChI=1S/C30H49ClFN5O6/c31-23-14-34-30(35-15-23)36-9-6-20(7-10-36)2-1-11-43-24-4-3-22(25(32)13-24)12-28(41)37-17-21(18-37)5-8-33-16-26(39)29(42)27(40)19-38/h3-4,13,20-21,23,26-27,29-30,33-35,38-40,42H,1-2,5-12,14-19H2/t23?,26-,27+,29-,30?/m0/s1. The molecule has 7 N–H and O–H groups in total. The quantitative estimate of drug-likeness (QED) is 0.0971. The van der Waals surface area contributed by atoms with Crippen molar-refractivity contribution in [2.24, 2.45) is 11.8 Å². The number of ether oxygens (including phenoxy) is 1. The lowest BCUT2D eigenvalue weighted by atomic mass is 9.92. The van der Waals surface area contributed by atoms with Gasteiger partial charge in [0.05, 0.1) is 31.1 Å². The molecule has 0 bridgehead atoms. The first-order valence-corrected chi connectivity index (χ1v) is 16.1. The maximum atomic E-state index is 14.7. The number of nitrogens with zero attached hydrogens (tertiary/aromatic N) is 2. The number of alkyl halides is 1. The maximum Gasteiger partial charge on any atom is 0.227 e. The first kappa shape index (κ1) is 34.3. The van der Waals surface area contributed by atoms with Gasteiger partial charge in [0.25, 0.3) is 0 Å². The van der Waals surface area contributed by atoms with Crippen molar-refractivity contribution in [1.29, 1.82) is 0 Å². The molecular formula is C30H49ClFN5O6. The third kappa shape index (κ3) is 10.5. The van der Waals surface area contributed by atoms with Crippen LogP contribution >= 0.6 is 11.6 Å². The van der Waals surface area contributed by atoms with Crippen molar-refractivity contribution < 1.29 is 34.3 Å². The van der Waals surface area contributed by atoms with Crippen molar-refractivity contribution in [1.82, 2.24) is 25.8 Å². The predicted molar refractivity (Wildman–Crippen MR) is 161 cm³/mol. The lowest BCUT2D eigenvalue weighted by Gasteiger charge is -2.41. The second-order valence-corrected chi connectivity index (χ2v) is 12.8. The molecule has 3 atom stereocenters. The van der Waals surface area contributed by atoms with E-state index in [1.165, 1.54) is 6.07 Å². The molecule has 4 rings (SSSR count). The number of likely N-dealkylation sites (tertiary alicyclic amines) is 2. The zero-order valence-electron chi connectivity index (χ0n) is 24.8. The number of benzene rings is 1. The summed E-state index contributed by atoms with van der Waals surface area (Å²) in [6, 6.07) is 4.73. The number of rotatable bonds is 16. The van der Waals surface area contributed by atoms with Crippen molar-refractivity contribution in [2.45, 2.75) is 68.5 Å². The first-order valence-electron chi connectivity index (χ1n) is 15.6. The van der Waals surface area contributed by atoms with Gasteiger partial charge in [-0.05, 0) is 62.1 Å². The van der Waals surface area contributed by atoms with Gasteiger partial charge in [-0.2, -0.15) is 0 Å². The fourth-order valence-electron chi connectivity index (χ4n) is 5.98. The SMILES string of the molecule is O=C(Cc1ccc(OCCCC2CCN(C3NCC(Cl)CN3)CC2)cc1F)N1CC(CCNC[C@H](O)[C@H](O)[C@H](O)CO)C1. The highest BCUT2D eigenvalue weighted by Crippen LogP contribution is 2.25. The van der Waals surface area contributed by atoms with Crippen LogP contribution in [0.25, 0.3) is 0 Å². The number of amides is 1. The molecule has 0 radical (unpaired) electrons. The normalized spacial score (nSPS) is 24.4. The molecule has 0 aliphatic carbocycles. The summed E-state index contributed by atoms with van der Waals surface area (Å²) < 4.78 is 20.5. The number of piperidine rings is 1. The number of hydrogen-bond acceptors (Lipinski definition) is 10. The van der Waals surface area contributed by atoms with Crippen LogP contribution in [0.2, 0.25) is 0 Å². The Bertz CT molecular complexity index is 992. The summed E-state index contributed by atoms with van der Waals surface area (Å²) in [7, 11) is 0. The fourth-order valence-corrected chi connectivity index (χ4v) is 6.15. The Hall–Kier alpha value is -1.61. The summed E-state index contributed by atoms with van der Waals surface area (Å²) in [6.07, 6.45) is 1.32. The topological polar surface area (TPSA) is 150 Å². The molecule has 1 amide bonds. The Labute approximate surface area is 258 Å². The molecule has 11 nitrogen and oxygen atoms in total. The van der Waals surface area contributed by atoms with E-state index in [1.54, 1.807) is 17.0 Å². The molecule has 1 aromatic rings. The van der Waals surface area contributed by atoms with E-state index in [1.807, 2.05) is 0 Å². The fraction of sp³-hybridized carbons (Fsp3) is 0.767. The Morgan fingerprint density at radius 1 is 1.09 bits per heavy atom. The van der Waals surface area contributed by atoms with E-state index >= 15 is 0 Å². The number of aliphatic hydroxyl groups is 4. The second-order valence-electron chi connectivity index (χ2n) is 12.2.